The van der Waals surface area contributed by atoms with Gasteiger partial charge in [0.25, 0.3) is 0 Å². The van der Waals surface area contributed by atoms with Gasteiger partial charge < -0.3 is 25.0 Å². The molecular formula is C26H32N6O6S. The zero-order chi connectivity index (χ0) is 28.3. The Morgan fingerprint density at radius 1 is 1.23 bits per heavy atom. The lowest BCUT2D eigenvalue weighted by Gasteiger charge is -2.29. The predicted octanol–water partition coefficient (Wildman–Crippen LogP) is 1.39. The molecule has 0 saturated carbocycles. The van der Waals surface area contributed by atoms with Gasteiger partial charge in [-0.05, 0) is 54.6 Å². The van der Waals surface area contributed by atoms with Gasteiger partial charge >= 0.3 is 5.97 Å². The number of likely N-dealkylation sites (tertiary alicyclic amines) is 1. The molecule has 0 bridgehead atoms. The van der Waals surface area contributed by atoms with E-state index >= 15 is 0 Å². The number of esters is 1. The minimum Gasteiger partial charge on any atom is -0.496 e. The third-order valence-corrected chi connectivity index (χ3v) is 7.54. The molecular weight excluding hydrogens is 524 g/mol. The number of pyridine rings is 2. The Labute approximate surface area is 228 Å². The number of hydrogen-bond donors (Lipinski definition) is 2. The lowest BCUT2D eigenvalue weighted by Crippen LogP contribution is -2.48. The Hall–Kier alpha value is -4.13. The molecule has 3 aromatic rings. The van der Waals surface area contributed by atoms with Crippen LogP contribution in [0.4, 0.5) is 17.3 Å². The Morgan fingerprint density at radius 3 is 2.62 bits per heavy atom. The predicted molar refractivity (Wildman–Crippen MR) is 148 cm³/mol. The van der Waals surface area contributed by atoms with Crippen LogP contribution in [-0.2, 0) is 31.6 Å². The highest BCUT2D eigenvalue weighted by Crippen LogP contribution is 2.32. The number of nitrogens with two attached hydrogens (primary N) is 1. The van der Waals surface area contributed by atoms with Crippen molar-refractivity contribution in [1.82, 2.24) is 14.9 Å². The van der Waals surface area contributed by atoms with E-state index in [9.17, 15) is 18.0 Å². The Balaban J connectivity index is 1.67. The van der Waals surface area contributed by atoms with E-state index in [0.29, 0.717) is 28.3 Å². The second-order valence-electron chi connectivity index (χ2n) is 9.24. The number of hydrogen-bond acceptors (Lipinski definition) is 10. The minimum atomic E-state index is -3.16. The Morgan fingerprint density at radius 2 is 2.00 bits per heavy atom. The van der Waals surface area contributed by atoms with Gasteiger partial charge in [0.1, 0.15) is 29.5 Å². The van der Waals surface area contributed by atoms with Crippen LogP contribution in [0.15, 0.2) is 42.7 Å². The maximum atomic E-state index is 13.7. The maximum Gasteiger partial charge on any atom is 0.329 e. The number of amides is 1. The molecule has 1 aromatic carbocycles. The standard InChI is InChI=1S/C26H32N6O6S/c1-5-38-26(34)21(13-17-12-16-8-10-28-24(27)19(16)14-22(17)37-4)31-11-9-20(25(31)33)32(39(35)36)18-6-7-23(29-15-18)30(2)3/h6-8,10,12,14-15,20-21,39H,5,9,11,13H2,1-4H3,(H2,27,28)/t20-,21+/m0/s1. The summed E-state index contributed by atoms with van der Waals surface area (Å²) in [5, 5.41) is 1.50. The number of rotatable bonds is 10. The lowest BCUT2D eigenvalue weighted by molar-refractivity contribution is -0.153. The van der Waals surface area contributed by atoms with Gasteiger partial charge in [0.15, 0.2) is 0 Å². The maximum absolute atomic E-state index is 13.7. The summed E-state index contributed by atoms with van der Waals surface area (Å²) in [5.74, 6) is 0.395. The molecule has 0 spiro atoms. The van der Waals surface area contributed by atoms with Gasteiger partial charge in [-0.1, -0.05) is 0 Å². The van der Waals surface area contributed by atoms with Crippen LogP contribution in [0.25, 0.3) is 10.8 Å². The number of benzene rings is 1. The summed E-state index contributed by atoms with van der Waals surface area (Å²) in [7, 11) is 1.98. The van der Waals surface area contributed by atoms with Gasteiger partial charge in [0.2, 0.25) is 16.8 Å². The van der Waals surface area contributed by atoms with E-state index in [-0.39, 0.29) is 31.7 Å². The highest BCUT2D eigenvalue weighted by Gasteiger charge is 2.43. The second kappa shape index (κ2) is 11.7. The van der Waals surface area contributed by atoms with Crippen LogP contribution in [0, 0.1) is 0 Å². The van der Waals surface area contributed by atoms with E-state index in [0.717, 1.165) is 9.69 Å². The number of carbonyl (C=O) groups excluding carboxylic acids is 2. The number of nitrogens with zero attached hydrogens (tertiary/aromatic N) is 5. The first-order valence-electron chi connectivity index (χ1n) is 12.4. The molecule has 0 radical (unpaired) electrons. The zero-order valence-electron chi connectivity index (χ0n) is 22.2. The average molecular weight is 557 g/mol. The van der Waals surface area contributed by atoms with Gasteiger partial charge in [-0.3, -0.25) is 9.10 Å². The largest absolute Gasteiger partial charge is 0.496 e. The minimum absolute atomic E-state index is 0.0984. The average Bonchev–Trinajstić information content (AvgIpc) is 3.27. The molecule has 2 atom stereocenters. The van der Waals surface area contributed by atoms with Crippen molar-refractivity contribution in [3.8, 4) is 5.75 Å². The number of carbonyl (C=O) groups is 2. The molecule has 2 aromatic heterocycles. The van der Waals surface area contributed by atoms with Crippen LogP contribution in [-0.4, -0.2) is 81.6 Å². The van der Waals surface area contributed by atoms with Crippen LogP contribution in [0.3, 0.4) is 0 Å². The highest BCUT2D eigenvalue weighted by molar-refractivity contribution is 7.74. The smallest absolute Gasteiger partial charge is 0.329 e. The molecule has 4 rings (SSSR count). The van der Waals surface area contributed by atoms with E-state index in [1.807, 2.05) is 20.2 Å². The topological polar surface area (TPSA) is 148 Å². The Bertz CT molecular complexity index is 1440. The van der Waals surface area contributed by atoms with Crippen molar-refractivity contribution in [2.75, 3.05) is 49.3 Å². The molecule has 1 aliphatic rings. The summed E-state index contributed by atoms with van der Waals surface area (Å²) in [6, 6.07) is 6.66. The molecule has 1 aliphatic heterocycles. The van der Waals surface area contributed by atoms with Gasteiger partial charge in [-0.25, -0.2) is 23.2 Å². The number of methoxy groups -OCH3 is 1. The third kappa shape index (κ3) is 5.67. The molecule has 1 saturated heterocycles. The number of ether oxygens (including phenoxy) is 2. The summed E-state index contributed by atoms with van der Waals surface area (Å²) < 4.78 is 36.6. The molecule has 39 heavy (non-hydrogen) atoms. The van der Waals surface area contributed by atoms with E-state index in [4.69, 9.17) is 15.2 Å². The molecule has 0 aliphatic carbocycles. The fourth-order valence-corrected chi connectivity index (χ4v) is 5.53. The van der Waals surface area contributed by atoms with Crippen molar-refractivity contribution >= 4 is 50.9 Å². The molecule has 0 unspecified atom stereocenters. The number of fused-ring (bicyclic) bond motifs is 1. The molecule has 3 heterocycles. The fourth-order valence-electron chi connectivity index (χ4n) is 4.78. The SMILES string of the molecule is CCOC(=O)[C@@H](Cc1cc2ccnc(N)c2cc1OC)N1CC[C@H](N(c2ccc(N(C)C)nc2)[SH](=O)=O)C1=O. The molecule has 1 amide bonds. The van der Waals surface area contributed by atoms with Crippen molar-refractivity contribution < 1.29 is 27.5 Å². The zero-order valence-corrected chi connectivity index (χ0v) is 23.1. The van der Waals surface area contributed by atoms with Gasteiger partial charge in [-0.2, -0.15) is 0 Å². The van der Waals surface area contributed by atoms with Crippen molar-refractivity contribution in [3.63, 3.8) is 0 Å². The summed E-state index contributed by atoms with van der Waals surface area (Å²) in [6.45, 7) is 1.98. The summed E-state index contributed by atoms with van der Waals surface area (Å²) in [4.78, 5) is 38.4. The lowest BCUT2D eigenvalue weighted by atomic mass is 10.00. The summed E-state index contributed by atoms with van der Waals surface area (Å²) in [5.41, 5.74) is 6.96. The van der Waals surface area contributed by atoms with Crippen molar-refractivity contribution in [2.45, 2.75) is 31.8 Å². The molecule has 208 valence electrons. The van der Waals surface area contributed by atoms with E-state index in [1.54, 1.807) is 42.3 Å². The molecule has 1 fully saturated rings. The quantitative estimate of drug-likeness (QED) is 0.277. The van der Waals surface area contributed by atoms with Gasteiger partial charge in [-0.15, -0.1) is 0 Å². The van der Waals surface area contributed by atoms with Crippen LogP contribution in [0.2, 0.25) is 0 Å². The van der Waals surface area contributed by atoms with E-state index in [2.05, 4.69) is 9.97 Å². The van der Waals surface area contributed by atoms with Crippen LogP contribution < -0.4 is 19.7 Å². The monoisotopic (exact) mass is 556 g/mol. The number of nitrogen functional groups attached to an aromatic ring is 1. The fraction of sp³-hybridized carbons (Fsp3) is 0.385. The first-order valence-corrected chi connectivity index (χ1v) is 13.5. The molecule has 2 N–H and O–H groups in total. The van der Waals surface area contributed by atoms with Gasteiger partial charge in [0, 0.05) is 38.6 Å². The number of aromatic nitrogens is 2. The van der Waals surface area contributed by atoms with E-state index in [1.165, 1.54) is 18.2 Å². The van der Waals surface area contributed by atoms with Gasteiger partial charge in [0.05, 0.1) is 25.6 Å². The normalized spacial score (nSPS) is 16.0. The van der Waals surface area contributed by atoms with Crippen LogP contribution in [0.5, 0.6) is 5.75 Å². The number of anilines is 3. The molecule has 12 nitrogen and oxygen atoms in total. The first kappa shape index (κ1) is 27.9. The second-order valence-corrected chi connectivity index (χ2v) is 10.1. The van der Waals surface area contributed by atoms with Crippen LogP contribution >= 0.6 is 0 Å². The molecule has 13 heteroatoms. The van der Waals surface area contributed by atoms with Crippen molar-refractivity contribution in [2.24, 2.45) is 0 Å². The van der Waals surface area contributed by atoms with Crippen LogP contribution in [0.1, 0.15) is 18.9 Å². The third-order valence-electron chi connectivity index (χ3n) is 6.68. The summed E-state index contributed by atoms with van der Waals surface area (Å²) >= 11 is 0. The van der Waals surface area contributed by atoms with Crippen molar-refractivity contribution in [3.05, 3.63) is 48.3 Å². The summed E-state index contributed by atoms with van der Waals surface area (Å²) in [6.07, 6.45) is 3.30. The number of thiol groups is 1. The van der Waals surface area contributed by atoms with E-state index < -0.39 is 34.9 Å². The Kier molecular flexibility index (Phi) is 8.38. The first-order chi connectivity index (χ1) is 18.7. The highest BCUT2D eigenvalue weighted by atomic mass is 32.2. The van der Waals surface area contributed by atoms with Crippen molar-refractivity contribution in [1.29, 1.82) is 0 Å².